The van der Waals surface area contributed by atoms with Crippen molar-refractivity contribution in [1.82, 2.24) is 14.6 Å². The van der Waals surface area contributed by atoms with Gasteiger partial charge in [-0.1, -0.05) is 0 Å². The summed E-state index contributed by atoms with van der Waals surface area (Å²) in [6.07, 6.45) is 4.90. The Bertz CT molecular complexity index is 1140. The Morgan fingerprint density at radius 2 is 1.93 bits per heavy atom. The molecule has 3 aromatic rings. The van der Waals surface area contributed by atoms with Gasteiger partial charge in [-0.2, -0.15) is 4.74 Å². The van der Waals surface area contributed by atoms with E-state index in [1.54, 1.807) is 25.4 Å². The molecule has 0 unspecified atom stereocenters. The van der Waals surface area contributed by atoms with Gasteiger partial charge >= 0.3 is 0 Å². The lowest BCUT2D eigenvalue weighted by atomic mass is 10.1. The molecule has 8 heteroatoms. The molecule has 4 heterocycles. The summed E-state index contributed by atoms with van der Waals surface area (Å²) in [5.41, 5.74) is 1.78. The molecule has 1 saturated heterocycles. The molecular weight excluding hydrogens is 372 g/mol. The number of amides is 1. The van der Waals surface area contributed by atoms with Crippen molar-refractivity contribution in [2.45, 2.75) is 19.3 Å². The fourth-order valence-electron chi connectivity index (χ4n) is 4.04. The largest absolute Gasteiger partial charge is 0.488 e. The number of hydrogen-bond donors (Lipinski definition) is 0. The first-order chi connectivity index (χ1) is 14.1. The number of piperidine rings is 1. The van der Waals surface area contributed by atoms with Crippen molar-refractivity contribution in [1.29, 1.82) is 0 Å². The van der Waals surface area contributed by atoms with Crippen LogP contribution in [0.4, 0.5) is 11.5 Å². The van der Waals surface area contributed by atoms with Crippen molar-refractivity contribution in [2.75, 3.05) is 31.1 Å². The van der Waals surface area contributed by atoms with Crippen LogP contribution in [0, 0.1) is 0 Å². The highest BCUT2D eigenvalue weighted by atomic mass is 16.5. The predicted molar refractivity (Wildman–Crippen MR) is 108 cm³/mol. The number of ether oxygens (including phenoxy) is 1. The Hall–Kier alpha value is -3.29. The highest BCUT2D eigenvalue weighted by Gasteiger charge is 2.25. The Balaban J connectivity index is 1.48. The molecular formula is C21H22N4O4. The lowest BCUT2D eigenvalue weighted by Crippen LogP contribution is -2.36. The van der Waals surface area contributed by atoms with Crippen molar-refractivity contribution < 1.29 is 14.1 Å². The number of carbonyl (C=O) groups is 1. The molecule has 8 nitrogen and oxygen atoms in total. The topological polar surface area (TPSA) is 80.8 Å². The standard InChI is InChI=1S/C21H22N4O4/c1-23-21(27)16-6-5-15(12-17(16)29-23)25-9-10-28-18-11-14(13-22-19(18)25)20(26)24-7-3-2-4-8-24/h5-6,11-13H,2-4,7-10H2,1H3. The van der Waals surface area contributed by atoms with Crippen LogP contribution in [0.1, 0.15) is 29.6 Å². The van der Waals surface area contributed by atoms with E-state index < -0.39 is 0 Å². The Labute approximate surface area is 167 Å². The second kappa shape index (κ2) is 6.95. The van der Waals surface area contributed by atoms with E-state index in [1.165, 1.54) is 11.2 Å². The van der Waals surface area contributed by atoms with Gasteiger partial charge in [0.15, 0.2) is 17.2 Å². The van der Waals surface area contributed by atoms with Crippen LogP contribution in [-0.4, -0.2) is 46.8 Å². The van der Waals surface area contributed by atoms with Gasteiger partial charge in [-0.3, -0.25) is 9.59 Å². The van der Waals surface area contributed by atoms with Gasteiger partial charge in [0, 0.05) is 38.1 Å². The second-order valence-electron chi connectivity index (χ2n) is 7.47. The lowest BCUT2D eigenvalue weighted by Gasteiger charge is -2.31. The summed E-state index contributed by atoms with van der Waals surface area (Å²) in [6.45, 7) is 2.69. The van der Waals surface area contributed by atoms with E-state index in [0.29, 0.717) is 41.3 Å². The molecule has 0 spiro atoms. The van der Waals surface area contributed by atoms with Crippen LogP contribution in [0.5, 0.6) is 5.75 Å². The van der Waals surface area contributed by atoms with Crippen molar-refractivity contribution in [3.05, 3.63) is 46.4 Å². The molecule has 2 aromatic heterocycles. The SMILES string of the molecule is Cn1oc2cc(N3CCOc4cc(C(=O)N5CCCCC5)cnc43)ccc2c1=O. The maximum Gasteiger partial charge on any atom is 0.290 e. The fourth-order valence-corrected chi connectivity index (χ4v) is 4.04. The zero-order valence-corrected chi connectivity index (χ0v) is 16.3. The first-order valence-electron chi connectivity index (χ1n) is 9.91. The molecule has 1 amide bonds. The smallest absolute Gasteiger partial charge is 0.290 e. The minimum absolute atomic E-state index is 0.00760. The molecule has 150 valence electrons. The number of aryl methyl sites for hydroxylation is 1. The highest BCUT2D eigenvalue weighted by Crippen LogP contribution is 2.36. The van der Waals surface area contributed by atoms with Gasteiger partial charge in [-0.25, -0.2) is 4.98 Å². The summed E-state index contributed by atoms with van der Waals surface area (Å²) in [7, 11) is 1.59. The summed E-state index contributed by atoms with van der Waals surface area (Å²) in [5.74, 6) is 1.26. The quantitative estimate of drug-likeness (QED) is 0.665. The monoisotopic (exact) mass is 394 g/mol. The van der Waals surface area contributed by atoms with Gasteiger partial charge in [0.1, 0.15) is 6.61 Å². The second-order valence-corrected chi connectivity index (χ2v) is 7.47. The summed E-state index contributed by atoms with van der Waals surface area (Å²) < 4.78 is 12.5. The number of carbonyl (C=O) groups excluding carboxylic acids is 1. The molecule has 5 rings (SSSR count). The van der Waals surface area contributed by atoms with Crippen LogP contribution in [0.3, 0.4) is 0 Å². The van der Waals surface area contributed by atoms with E-state index in [9.17, 15) is 9.59 Å². The normalized spacial score (nSPS) is 16.6. The van der Waals surface area contributed by atoms with Crippen LogP contribution in [0.2, 0.25) is 0 Å². The third-order valence-corrected chi connectivity index (χ3v) is 5.58. The molecule has 0 radical (unpaired) electrons. The van der Waals surface area contributed by atoms with Gasteiger partial charge in [0.05, 0.1) is 17.5 Å². The molecule has 0 saturated carbocycles. The summed E-state index contributed by atoms with van der Waals surface area (Å²) >= 11 is 0. The molecule has 0 bridgehead atoms. The number of fused-ring (bicyclic) bond motifs is 2. The van der Waals surface area contributed by atoms with Gasteiger partial charge in [0.2, 0.25) is 0 Å². The lowest BCUT2D eigenvalue weighted by molar-refractivity contribution is 0.0723. The minimum atomic E-state index is -0.159. The van der Waals surface area contributed by atoms with E-state index in [4.69, 9.17) is 9.26 Å². The Morgan fingerprint density at radius 1 is 1.10 bits per heavy atom. The average Bonchev–Trinajstić information content (AvgIpc) is 3.06. The number of hydrogen-bond acceptors (Lipinski definition) is 6. The maximum atomic E-state index is 12.8. The molecule has 1 fully saturated rings. The van der Waals surface area contributed by atoms with E-state index in [0.717, 1.165) is 31.6 Å². The van der Waals surface area contributed by atoms with Crippen LogP contribution in [0.25, 0.3) is 11.0 Å². The Kier molecular flexibility index (Phi) is 4.26. The molecule has 1 aromatic carbocycles. The minimum Gasteiger partial charge on any atom is -0.488 e. The van der Waals surface area contributed by atoms with Gasteiger partial charge in [-0.05, 0) is 37.5 Å². The van der Waals surface area contributed by atoms with E-state index in [2.05, 4.69) is 4.98 Å². The highest BCUT2D eigenvalue weighted by molar-refractivity contribution is 5.95. The number of rotatable bonds is 2. The van der Waals surface area contributed by atoms with Crippen molar-refractivity contribution in [3.8, 4) is 5.75 Å². The molecule has 0 aliphatic carbocycles. The van der Waals surface area contributed by atoms with Crippen molar-refractivity contribution >= 4 is 28.4 Å². The fraction of sp³-hybridized carbons (Fsp3) is 0.381. The van der Waals surface area contributed by atoms with E-state index in [-0.39, 0.29) is 11.5 Å². The van der Waals surface area contributed by atoms with E-state index in [1.807, 2.05) is 21.9 Å². The zero-order valence-electron chi connectivity index (χ0n) is 16.3. The number of pyridine rings is 1. The molecule has 29 heavy (non-hydrogen) atoms. The third kappa shape index (κ3) is 3.04. The first-order valence-corrected chi connectivity index (χ1v) is 9.91. The summed E-state index contributed by atoms with van der Waals surface area (Å²) in [5, 5.41) is 0.542. The van der Waals surface area contributed by atoms with Crippen LogP contribution < -0.4 is 15.2 Å². The van der Waals surface area contributed by atoms with Crippen LogP contribution in [-0.2, 0) is 7.05 Å². The predicted octanol–water partition coefficient (Wildman–Crippen LogP) is 2.68. The molecule has 0 atom stereocenters. The van der Waals surface area contributed by atoms with Gasteiger partial charge < -0.3 is 19.1 Å². The Morgan fingerprint density at radius 3 is 2.76 bits per heavy atom. The molecule has 2 aliphatic heterocycles. The maximum absolute atomic E-state index is 12.8. The number of aromatic nitrogens is 2. The first kappa shape index (κ1) is 17.8. The van der Waals surface area contributed by atoms with Crippen LogP contribution in [0.15, 0.2) is 39.8 Å². The molecule has 2 aliphatic rings. The van der Waals surface area contributed by atoms with Crippen molar-refractivity contribution in [3.63, 3.8) is 0 Å². The van der Waals surface area contributed by atoms with Gasteiger partial charge in [-0.15, -0.1) is 0 Å². The summed E-state index contributed by atoms with van der Waals surface area (Å²) in [4.78, 5) is 33.3. The third-order valence-electron chi connectivity index (χ3n) is 5.58. The molecule has 0 N–H and O–H groups in total. The number of likely N-dealkylation sites (tertiary alicyclic amines) is 1. The number of anilines is 2. The van der Waals surface area contributed by atoms with Gasteiger partial charge in [0.25, 0.3) is 11.5 Å². The van der Waals surface area contributed by atoms with E-state index >= 15 is 0 Å². The van der Waals surface area contributed by atoms with Crippen molar-refractivity contribution in [2.24, 2.45) is 7.05 Å². The zero-order chi connectivity index (χ0) is 20.0. The average molecular weight is 394 g/mol. The summed E-state index contributed by atoms with van der Waals surface area (Å²) in [6, 6.07) is 7.26. The number of benzene rings is 1. The number of nitrogens with zero attached hydrogens (tertiary/aromatic N) is 4. The van der Waals surface area contributed by atoms with Crippen LogP contribution >= 0.6 is 0 Å².